The van der Waals surface area contributed by atoms with Crippen LogP contribution in [0.2, 0.25) is 0 Å². The topological polar surface area (TPSA) is 189 Å². The Morgan fingerprint density at radius 2 is 1.65 bits per heavy atom. The lowest BCUT2D eigenvalue weighted by Gasteiger charge is -2.41. The summed E-state index contributed by atoms with van der Waals surface area (Å²) in [5.74, 6) is -0.933. The summed E-state index contributed by atoms with van der Waals surface area (Å²) in [7, 11) is 5.10. The van der Waals surface area contributed by atoms with Crippen molar-refractivity contribution in [2.24, 2.45) is 24.6 Å². The van der Waals surface area contributed by atoms with Gasteiger partial charge in [-0.05, 0) is 44.9 Å². The average molecular weight is 689 g/mol. The smallest absolute Gasteiger partial charge is 0.411 e. The van der Waals surface area contributed by atoms with E-state index in [1.165, 1.54) is 13.5 Å². The van der Waals surface area contributed by atoms with Crippen LogP contribution in [0.4, 0.5) is 10.5 Å². The van der Waals surface area contributed by atoms with Crippen molar-refractivity contribution in [1.82, 2.24) is 19.7 Å². The van der Waals surface area contributed by atoms with Crippen molar-refractivity contribution in [2.45, 2.75) is 51.1 Å². The van der Waals surface area contributed by atoms with Gasteiger partial charge in [0, 0.05) is 56.8 Å². The Kier molecular flexibility index (Phi) is 13.6. The van der Waals surface area contributed by atoms with E-state index >= 15 is 0 Å². The predicted molar refractivity (Wildman–Crippen MR) is 183 cm³/mol. The zero-order valence-corrected chi connectivity index (χ0v) is 29.1. The Balaban J connectivity index is 1.54. The summed E-state index contributed by atoms with van der Waals surface area (Å²) in [5.41, 5.74) is 7.74. The van der Waals surface area contributed by atoms with Crippen LogP contribution in [0.15, 0.2) is 18.2 Å². The molecule has 1 aliphatic heterocycles. The van der Waals surface area contributed by atoms with Crippen molar-refractivity contribution >= 4 is 40.5 Å². The Labute approximate surface area is 287 Å². The number of ether oxygens (including phenoxy) is 3. The lowest BCUT2D eigenvalue weighted by molar-refractivity contribution is -0.143. The van der Waals surface area contributed by atoms with Crippen LogP contribution in [0.1, 0.15) is 49.5 Å². The third kappa shape index (κ3) is 9.01. The van der Waals surface area contributed by atoms with Gasteiger partial charge in [0.25, 0.3) is 5.91 Å². The highest BCUT2D eigenvalue weighted by Gasteiger charge is 2.40. The zero-order chi connectivity index (χ0) is 35.7. The van der Waals surface area contributed by atoms with E-state index in [0.717, 1.165) is 30.6 Å². The zero-order valence-electron chi connectivity index (χ0n) is 29.1. The molecule has 3 atom stereocenters. The second-order valence-electron chi connectivity index (χ2n) is 12.8. The molecule has 2 heterocycles. The van der Waals surface area contributed by atoms with E-state index in [2.05, 4.69) is 5.32 Å². The summed E-state index contributed by atoms with van der Waals surface area (Å²) in [6, 6.07) is 4.83. The maximum absolute atomic E-state index is 14.3. The van der Waals surface area contributed by atoms with Gasteiger partial charge < -0.3 is 49.8 Å². The molecule has 3 amide bonds. The fourth-order valence-electron chi connectivity index (χ4n) is 7.05. The normalized spacial score (nSPS) is 17.5. The molecule has 2 aliphatic rings. The molecule has 1 aliphatic carbocycles. The standard InChI is InChI=1S/C34H52N6O9/c1-22(36-2)29(35)28(23-8-6-5-7-9-23)32(43)38-12-14-39(15-13-38)33(44)31-30(25-11-10-24(47-4)20-26(25)37(31)3)40(34(45)46)16-17-48-18-19-49-21-27(41)42/h10-11,20,22-23,28-29,36H,5-9,12-19,21,35H2,1-4H3,(H,41,42)(H,45,46)/t22-,28-,29?/m0/s1. The summed E-state index contributed by atoms with van der Waals surface area (Å²) < 4.78 is 17.6. The summed E-state index contributed by atoms with van der Waals surface area (Å²) in [6.07, 6.45) is 4.07. The van der Waals surface area contributed by atoms with Gasteiger partial charge in [-0.1, -0.05) is 19.3 Å². The molecule has 1 aromatic heterocycles. The van der Waals surface area contributed by atoms with Crippen molar-refractivity contribution in [3.05, 3.63) is 23.9 Å². The third-order valence-corrected chi connectivity index (χ3v) is 9.91. The SMILES string of the molecule is CN[C@@H](C)C(N)[C@@H](C(=O)N1CCN(C(=O)c2c(N(CCOCCOCC(=O)O)C(=O)O)c3ccc(OC)cc3n2C)CC1)C1CCCCC1. The van der Waals surface area contributed by atoms with Gasteiger partial charge >= 0.3 is 12.1 Å². The van der Waals surface area contributed by atoms with Crippen LogP contribution < -0.4 is 20.7 Å². The number of benzene rings is 1. The molecular formula is C34H52N6O9. The van der Waals surface area contributed by atoms with Crippen molar-refractivity contribution < 1.29 is 43.6 Å². The van der Waals surface area contributed by atoms with Crippen LogP contribution in [-0.4, -0.2) is 134 Å². The molecule has 5 N–H and O–H groups in total. The molecule has 0 bridgehead atoms. The van der Waals surface area contributed by atoms with Gasteiger partial charge in [-0.15, -0.1) is 0 Å². The van der Waals surface area contributed by atoms with Gasteiger partial charge in [-0.25, -0.2) is 9.59 Å². The number of aromatic nitrogens is 1. The lowest BCUT2D eigenvalue weighted by Crippen LogP contribution is -2.58. The minimum atomic E-state index is -1.26. The van der Waals surface area contributed by atoms with Crippen LogP contribution in [-0.2, 0) is 26.1 Å². The molecule has 1 aromatic carbocycles. The van der Waals surface area contributed by atoms with E-state index in [1.54, 1.807) is 34.7 Å². The number of anilines is 1. The number of carbonyl (C=O) groups is 4. The highest BCUT2D eigenvalue weighted by Crippen LogP contribution is 2.37. The summed E-state index contributed by atoms with van der Waals surface area (Å²) in [4.78, 5) is 56.3. The first-order valence-electron chi connectivity index (χ1n) is 17.0. The van der Waals surface area contributed by atoms with Gasteiger partial charge in [0.05, 0.1) is 50.6 Å². The molecular weight excluding hydrogens is 636 g/mol. The quantitative estimate of drug-likeness (QED) is 0.189. The molecule has 4 rings (SSSR count). The number of carboxylic acid groups (broad SMARTS) is 2. The first kappa shape index (κ1) is 37.9. The average Bonchev–Trinajstić information content (AvgIpc) is 3.39. The minimum absolute atomic E-state index is 0.0137. The highest BCUT2D eigenvalue weighted by atomic mass is 16.5. The summed E-state index contributed by atoms with van der Waals surface area (Å²) in [5, 5.41) is 22.8. The first-order valence-corrected chi connectivity index (χ1v) is 17.0. The van der Waals surface area contributed by atoms with E-state index in [9.17, 15) is 24.3 Å². The first-order chi connectivity index (χ1) is 23.5. The number of nitrogens with one attached hydrogen (secondary N) is 1. The molecule has 0 spiro atoms. The lowest BCUT2D eigenvalue weighted by atomic mass is 9.74. The van der Waals surface area contributed by atoms with E-state index in [0.29, 0.717) is 29.7 Å². The fraction of sp³-hybridized carbons (Fsp3) is 0.647. The van der Waals surface area contributed by atoms with Crippen LogP contribution in [0.5, 0.6) is 5.75 Å². The monoisotopic (exact) mass is 688 g/mol. The Hall–Kier alpha value is -3.92. The number of likely N-dealkylation sites (N-methyl/N-ethyl adjacent to an activating group) is 1. The van der Waals surface area contributed by atoms with Gasteiger partial charge in [0.1, 0.15) is 18.1 Å². The second-order valence-corrected chi connectivity index (χ2v) is 12.8. The predicted octanol–water partition coefficient (Wildman–Crippen LogP) is 2.21. The largest absolute Gasteiger partial charge is 0.497 e. The van der Waals surface area contributed by atoms with Gasteiger partial charge in [-0.2, -0.15) is 0 Å². The summed E-state index contributed by atoms with van der Waals surface area (Å²) in [6.45, 7) is 2.83. The number of hydrogen-bond donors (Lipinski definition) is 4. The number of aryl methyl sites for hydroxylation is 1. The molecule has 272 valence electrons. The van der Waals surface area contributed by atoms with Crippen molar-refractivity contribution in [3.8, 4) is 5.75 Å². The molecule has 1 unspecified atom stereocenters. The Morgan fingerprint density at radius 1 is 1.00 bits per heavy atom. The molecule has 49 heavy (non-hydrogen) atoms. The van der Waals surface area contributed by atoms with Crippen molar-refractivity contribution in [3.63, 3.8) is 0 Å². The molecule has 15 heteroatoms. The number of carboxylic acids is 1. The number of aliphatic carboxylic acids is 1. The minimum Gasteiger partial charge on any atom is -0.497 e. The number of nitrogens with two attached hydrogens (primary N) is 1. The van der Waals surface area contributed by atoms with E-state index in [4.69, 9.17) is 25.1 Å². The van der Waals surface area contributed by atoms with Gasteiger partial charge in [0.15, 0.2) is 0 Å². The second kappa shape index (κ2) is 17.7. The van der Waals surface area contributed by atoms with Crippen LogP contribution >= 0.6 is 0 Å². The number of fused-ring (bicyclic) bond motifs is 1. The van der Waals surface area contributed by atoms with E-state index in [1.807, 2.05) is 18.9 Å². The molecule has 2 aromatic rings. The van der Waals surface area contributed by atoms with Crippen LogP contribution in [0.25, 0.3) is 10.9 Å². The van der Waals surface area contributed by atoms with Crippen molar-refractivity contribution in [1.29, 1.82) is 0 Å². The molecule has 1 saturated carbocycles. The number of rotatable bonds is 16. The third-order valence-electron chi connectivity index (χ3n) is 9.91. The maximum Gasteiger partial charge on any atom is 0.411 e. The maximum atomic E-state index is 14.3. The van der Waals surface area contributed by atoms with Crippen LogP contribution in [0.3, 0.4) is 0 Å². The van der Waals surface area contributed by atoms with Crippen molar-refractivity contribution in [2.75, 3.05) is 78.2 Å². The fourth-order valence-corrected chi connectivity index (χ4v) is 7.05. The number of hydrogen-bond acceptors (Lipinski definition) is 9. The van der Waals surface area contributed by atoms with E-state index in [-0.39, 0.29) is 86.6 Å². The molecule has 1 saturated heterocycles. The Bertz CT molecular complexity index is 1450. The number of methoxy groups -OCH3 is 1. The number of nitrogens with zero attached hydrogens (tertiary/aromatic N) is 4. The molecule has 0 radical (unpaired) electrons. The summed E-state index contributed by atoms with van der Waals surface area (Å²) >= 11 is 0. The van der Waals surface area contributed by atoms with Gasteiger partial charge in [0.2, 0.25) is 5.91 Å². The van der Waals surface area contributed by atoms with Gasteiger partial charge in [-0.3, -0.25) is 14.5 Å². The molecule has 2 fully saturated rings. The van der Waals surface area contributed by atoms with Crippen LogP contribution in [0, 0.1) is 11.8 Å². The molecule has 15 nitrogen and oxygen atoms in total. The highest BCUT2D eigenvalue weighted by molar-refractivity contribution is 6.13. The Morgan fingerprint density at radius 3 is 2.27 bits per heavy atom. The number of amides is 3. The number of carbonyl (C=O) groups excluding carboxylic acids is 2. The van der Waals surface area contributed by atoms with E-state index < -0.39 is 18.7 Å². The number of piperazine rings is 1.